The number of sulfonamides is 1. The number of rotatable bonds is 6. The van der Waals surface area contributed by atoms with Crippen molar-refractivity contribution in [3.8, 4) is 6.07 Å². The molecule has 144 valence electrons. The maximum atomic E-state index is 13.2. The third-order valence-corrected chi connectivity index (χ3v) is 5.01. The minimum atomic E-state index is -4.48. The van der Waals surface area contributed by atoms with Gasteiger partial charge in [-0.05, 0) is 42.7 Å². The van der Waals surface area contributed by atoms with Gasteiger partial charge in [0.25, 0.3) is 0 Å². The van der Waals surface area contributed by atoms with Gasteiger partial charge in [0.15, 0.2) is 0 Å². The van der Waals surface area contributed by atoms with Crippen LogP contribution in [-0.4, -0.2) is 14.5 Å². The average molecular weight is 397 g/mol. The van der Waals surface area contributed by atoms with Gasteiger partial charge in [0.2, 0.25) is 10.0 Å². The van der Waals surface area contributed by atoms with Crippen LogP contribution in [0.3, 0.4) is 0 Å². The molecule has 0 saturated carbocycles. The van der Waals surface area contributed by atoms with E-state index in [1.807, 2.05) is 6.07 Å². The highest BCUT2D eigenvalue weighted by Crippen LogP contribution is 2.33. The predicted octanol–water partition coefficient (Wildman–Crippen LogP) is 3.66. The van der Waals surface area contributed by atoms with Gasteiger partial charge < -0.3 is 5.32 Å². The van der Waals surface area contributed by atoms with Crippen LogP contribution in [0.25, 0.3) is 0 Å². The zero-order valence-corrected chi connectivity index (χ0v) is 15.2. The van der Waals surface area contributed by atoms with Crippen LogP contribution in [0, 0.1) is 11.3 Å². The normalized spacial score (nSPS) is 13.0. The molecule has 0 bridgehead atoms. The molecular formula is C18H18F3N3O2S. The summed E-state index contributed by atoms with van der Waals surface area (Å²) in [6.07, 6.45) is -4.00. The van der Waals surface area contributed by atoms with Gasteiger partial charge in [0, 0.05) is 6.04 Å². The lowest BCUT2D eigenvalue weighted by molar-refractivity contribution is -0.138. The van der Waals surface area contributed by atoms with E-state index in [1.54, 1.807) is 6.92 Å². The van der Waals surface area contributed by atoms with Crippen molar-refractivity contribution < 1.29 is 21.6 Å². The fourth-order valence-corrected chi connectivity index (χ4v) is 3.43. The van der Waals surface area contributed by atoms with E-state index in [1.165, 1.54) is 30.3 Å². The third-order valence-electron chi connectivity index (χ3n) is 4.06. The molecule has 9 heteroatoms. The van der Waals surface area contributed by atoms with Crippen LogP contribution in [0.15, 0.2) is 47.4 Å². The van der Waals surface area contributed by atoms with Gasteiger partial charge in [-0.15, -0.1) is 0 Å². The molecular weight excluding hydrogens is 379 g/mol. The maximum absolute atomic E-state index is 13.2. The minimum absolute atomic E-state index is 0.0379. The molecule has 2 aromatic rings. The summed E-state index contributed by atoms with van der Waals surface area (Å²) in [6, 6.07) is 10.5. The second-order valence-electron chi connectivity index (χ2n) is 5.98. The topological polar surface area (TPSA) is 96.0 Å². The van der Waals surface area contributed by atoms with Crippen LogP contribution in [0.2, 0.25) is 0 Å². The van der Waals surface area contributed by atoms with Gasteiger partial charge in [-0.3, -0.25) is 0 Å². The SMILES string of the molecule is CCC(Cc1ccccc1C(F)(F)F)Nc1ccc(C#N)cc1S(N)(=O)=O. The highest BCUT2D eigenvalue weighted by atomic mass is 32.2. The monoisotopic (exact) mass is 397 g/mol. The van der Waals surface area contributed by atoms with Gasteiger partial charge in [0.1, 0.15) is 4.90 Å². The number of primary sulfonamides is 1. The summed E-state index contributed by atoms with van der Waals surface area (Å²) in [4.78, 5) is -0.274. The number of nitrogens with zero attached hydrogens (tertiary/aromatic N) is 1. The van der Waals surface area contributed by atoms with Gasteiger partial charge >= 0.3 is 6.18 Å². The molecule has 0 fully saturated rings. The molecule has 27 heavy (non-hydrogen) atoms. The highest BCUT2D eigenvalue weighted by Gasteiger charge is 2.33. The van der Waals surface area contributed by atoms with Crippen LogP contribution >= 0.6 is 0 Å². The molecule has 0 heterocycles. The molecule has 0 aliphatic heterocycles. The summed E-state index contributed by atoms with van der Waals surface area (Å²) >= 11 is 0. The van der Waals surface area contributed by atoms with Crippen molar-refractivity contribution in [3.63, 3.8) is 0 Å². The Bertz CT molecular complexity index is 967. The lowest BCUT2D eigenvalue weighted by Gasteiger charge is -2.22. The fourth-order valence-electron chi connectivity index (χ4n) is 2.70. The van der Waals surface area contributed by atoms with Crippen molar-refractivity contribution in [3.05, 3.63) is 59.2 Å². The Morgan fingerprint density at radius 2 is 1.89 bits per heavy atom. The van der Waals surface area contributed by atoms with E-state index in [4.69, 9.17) is 10.4 Å². The summed E-state index contributed by atoms with van der Waals surface area (Å²) < 4.78 is 63.2. The van der Waals surface area contributed by atoms with Crippen LogP contribution in [0.4, 0.5) is 18.9 Å². The summed E-state index contributed by atoms with van der Waals surface area (Å²) in [5, 5.41) is 17.1. The molecule has 1 atom stereocenters. The maximum Gasteiger partial charge on any atom is 0.416 e. The summed E-state index contributed by atoms with van der Waals surface area (Å²) in [5.74, 6) is 0. The number of nitrogens with one attached hydrogen (secondary N) is 1. The lowest BCUT2D eigenvalue weighted by Crippen LogP contribution is -2.25. The first-order valence-electron chi connectivity index (χ1n) is 8.04. The number of benzene rings is 2. The number of hydrogen-bond donors (Lipinski definition) is 2. The summed E-state index contributed by atoms with van der Waals surface area (Å²) in [5.41, 5.74) is -0.361. The second kappa shape index (κ2) is 7.98. The first kappa shape index (κ1) is 20.7. The zero-order chi connectivity index (χ0) is 20.2. The molecule has 0 aliphatic rings. The molecule has 1 unspecified atom stereocenters. The van der Waals surface area contributed by atoms with Gasteiger partial charge in [-0.25, -0.2) is 13.6 Å². The Morgan fingerprint density at radius 3 is 2.44 bits per heavy atom. The number of hydrogen-bond acceptors (Lipinski definition) is 4. The standard InChI is InChI=1S/C18H18F3N3O2S/c1-2-14(10-13-5-3-4-6-15(13)18(19,20)21)24-16-8-7-12(11-22)9-17(16)27(23,25)26/h3-9,14,24H,2,10H2,1H3,(H2,23,25,26). The second-order valence-corrected chi connectivity index (χ2v) is 7.51. The van der Waals surface area contributed by atoms with Gasteiger partial charge in [-0.1, -0.05) is 25.1 Å². The Kier molecular flexibility index (Phi) is 6.13. The number of nitrogens with two attached hydrogens (primary N) is 1. The molecule has 0 spiro atoms. The molecule has 2 aromatic carbocycles. The van der Waals surface area contributed by atoms with E-state index in [0.717, 1.165) is 12.1 Å². The van der Waals surface area contributed by atoms with Crippen LogP contribution < -0.4 is 10.5 Å². The zero-order valence-electron chi connectivity index (χ0n) is 14.4. The molecule has 0 aliphatic carbocycles. The number of nitriles is 1. The van der Waals surface area contributed by atoms with E-state index in [-0.39, 0.29) is 28.1 Å². The smallest absolute Gasteiger partial charge is 0.381 e. The van der Waals surface area contributed by atoms with Gasteiger partial charge in [0.05, 0.1) is 22.9 Å². The fraction of sp³-hybridized carbons (Fsp3) is 0.278. The Balaban J connectivity index is 2.36. The molecule has 2 rings (SSSR count). The van der Waals surface area contributed by atoms with Crippen LogP contribution in [-0.2, 0) is 22.6 Å². The van der Waals surface area contributed by atoms with Crippen molar-refractivity contribution in [2.24, 2.45) is 5.14 Å². The van der Waals surface area contributed by atoms with Crippen molar-refractivity contribution in [2.45, 2.75) is 36.9 Å². The lowest BCUT2D eigenvalue weighted by atomic mass is 9.98. The van der Waals surface area contributed by atoms with Crippen molar-refractivity contribution in [1.29, 1.82) is 5.26 Å². The number of halogens is 3. The quantitative estimate of drug-likeness (QED) is 0.778. The summed E-state index contributed by atoms with van der Waals surface area (Å²) in [6.45, 7) is 1.77. The third kappa shape index (κ3) is 5.21. The molecule has 5 nitrogen and oxygen atoms in total. The van der Waals surface area contributed by atoms with Gasteiger partial charge in [-0.2, -0.15) is 18.4 Å². The Hall–Kier alpha value is -2.57. The van der Waals surface area contributed by atoms with Crippen LogP contribution in [0.1, 0.15) is 30.0 Å². The molecule has 3 N–H and O–H groups in total. The van der Waals surface area contributed by atoms with E-state index >= 15 is 0 Å². The van der Waals surface area contributed by atoms with E-state index in [0.29, 0.717) is 6.42 Å². The molecule has 0 aromatic heterocycles. The van der Waals surface area contributed by atoms with Crippen molar-refractivity contribution >= 4 is 15.7 Å². The highest BCUT2D eigenvalue weighted by molar-refractivity contribution is 7.89. The molecule has 0 amide bonds. The Morgan fingerprint density at radius 1 is 1.22 bits per heavy atom. The van der Waals surface area contributed by atoms with Crippen molar-refractivity contribution in [2.75, 3.05) is 5.32 Å². The first-order valence-corrected chi connectivity index (χ1v) is 9.59. The Labute approximate surface area is 155 Å². The largest absolute Gasteiger partial charge is 0.416 e. The minimum Gasteiger partial charge on any atom is -0.381 e. The molecule has 0 saturated heterocycles. The first-order chi connectivity index (χ1) is 12.6. The van der Waals surface area contributed by atoms with E-state index < -0.39 is 27.8 Å². The number of alkyl halides is 3. The van der Waals surface area contributed by atoms with E-state index in [9.17, 15) is 21.6 Å². The number of anilines is 1. The average Bonchev–Trinajstić information content (AvgIpc) is 2.60. The van der Waals surface area contributed by atoms with Crippen molar-refractivity contribution in [1.82, 2.24) is 0 Å². The van der Waals surface area contributed by atoms with Crippen LogP contribution in [0.5, 0.6) is 0 Å². The summed E-state index contributed by atoms with van der Waals surface area (Å²) in [7, 11) is -4.12. The van der Waals surface area contributed by atoms with E-state index in [2.05, 4.69) is 5.32 Å². The predicted molar refractivity (Wildman–Crippen MR) is 95.4 cm³/mol. The molecule has 0 radical (unpaired) electrons.